The fourth-order valence-corrected chi connectivity index (χ4v) is 1.30. The zero-order valence-corrected chi connectivity index (χ0v) is 8.11. The molecule has 5 heteroatoms. The summed E-state index contributed by atoms with van der Waals surface area (Å²) in [6, 6.07) is 0. The Kier molecular flexibility index (Phi) is 3.95. The van der Waals surface area contributed by atoms with Gasteiger partial charge in [-0.15, -0.1) is 10.2 Å². The molecule has 13 heavy (non-hydrogen) atoms. The third kappa shape index (κ3) is 3.59. The summed E-state index contributed by atoms with van der Waals surface area (Å²) < 4.78 is 0. The normalized spacial score (nSPS) is 18.3. The van der Waals surface area contributed by atoms with Gasteiger partial charge >= 0.3 is 0 Å². The Morgan fingerprint density at radius 1 is 1.00 bits per heavy atom. The van der Waals surface area contributed by atoms with E-state index in [9.17, 15) is 0 Å². The monoisotopic (exact) mass is 183 g/mol. The molecule has 0 saturated carbocycles. The first-order valence-electron chi connectivity index (χ1n) is 4.90. The lowest BCUT2D eigenvalue weighted by Gasteiger charge is -2.12. The van der Waals surface area contributed by atoms with Gasteiger partial charge < -0.3 is 0 Å². The van der Waals surface area contributed by atoms with Gasteiger partial charge in [-0.25, -0.2) is 0 Å². The quantitative estimate of drug-likeness (QED) is 0.631. The summed E-state index contributed by atoms with van der Waals surface area (Å²) in [5.41, 5.74) is 5.75. The summed E-state index contributed by atoms with van der Waals surface area (Å²) in [5, 5.41) is 14.3. The average Bonchev–Trinajstić information content (AvgIpc) is 2.53. The fraction of sp³-hybridized carbons (Fsp3) is 1.00. The molecule has 0 aromatic carbocycles. The van der Waals surface area contributed by atoms with E-state index < -0.39 is 5.79 Å². The standard InChI is InChI=1S/C8H17N5/c1-2-3-4-5-6-7-8(9)10-12-13-11-8/h2-7,9H2,1H3. The Labute approximate surface area is 78.5 Å². The minimum Gasteiger partial charge on any atom is -0.285 e. The molecule has 1 rings (SSSR count). The molecule has 0 aliphatic carbocycles. The number of hydrogen-bond donors (Lipinski definition) is 1. The molecule has 1 aliphatic heterocycles. The van der Waals surface area contributed by atoms with Crippen LogP contribution in [-0.4, -0.2) is 5.79 Å². The predicted octanol–water partition coefficient (Wildman–Crippen LogP) is 2.79. The molecule has 0 radical (unpaired) electrons. The first-order valence-corrected chi connectivity index (χ1v) is 4.90. The van der Waals surface area contributed by atoms with Crippen molar-refractivity contribution in [1.82, 2.24) is 0 Å². The Bertz CT molecular complexity index is 187. The minimum absolute atomic E-state index is 0.754. The molecule has 5 nitrogen and oxygen atoms in total. The minimum atomic E-state index is -0.841. The van der Waals surface area contributed by atoms with Crippen LogP contribution < -0.4 is 5.73 Å². The van der Waals surface area contributed by atoms with E-state index in [0.717, 1.165) is 12.8 Å². The highest BCUT2D eigenvalue weighted by Crippen LogP contribution is 2.21. The lowest BCUT2D eigenvalue weighted by atomic mass is 10.1. The van der Waals surface area contributed by atoms with Gasteiger partial charge in [0.2, 0.25) is 5.79 Å². The van der Waals surface area contributed by atoms with Crippen LogP contribution in [0.25, 0.3) is 0 Å². The molecule has 0 aromatic heterocycles. The van der Waals surface area contributed by atoms with E-state index in [-0.39, 0.29) is 0 Å². The van der Waals surface area contributed by atoms with Crippen LogP contribution in [0.5, 0.6) is 0 Å². The van der Waals surface area contributed by atoms with Crippen molar-refractivity contribution in [3.8, 4) is 0 Å². The molecule has 0 fully saturated rings. The van der Waals surface area contributed by atoms with E-state index in [2.05, 4.69) is 27.6 Å². The summed E-state index contributed by atoms with van der Waals surface area (Å²) in [7, 11) is 0. The molecule has 2 N–H and O–H groups in total. The first-order chi connectivity index (χ1) is 6.27. The van der Waals surface area contributed by atoms with Crippen LogP contribution in [0.4, 0.5) is 0 Å². The van der Waals surface area contributed by atoms with E-state index in [1.54, 1.807) is 0 Å². The molecule has 0 aromatic rings. The maximum atomic E-state index is 5.75. The van der Waals surface area contributed by atoms with Gasteiger partial charge in [0.05, 0.1) is 0 Å². The molecule has 0 bridgehead atoms. The Balaban J connectivity index is 2.05. The zero-order valence-electron chi connectivity index (χ0n) is 8.11. The zero-order chi connectivity index (χ0) is 9.57. The maximum Gasteiger partial charge on any atom is 0.244 e. The lowest BCUT2D eigenvalue weighted by molar-refractivity contribution is 0.401. The molecule has 74 valence electrons. The smallest absolute Gasteiger partial charge is 0.244 e. The van der Waals surface area contributed by atoms with Crippen LogP contribution in [0, 0.1) is 0 Å². The topological polar surface area (TPSA) is 75.5 Å². The van der Waals surface area contributed by atoms with Gasteiger partial charge in [0.15, 0.2) is 0 Å². The van der Waals surface area contributed by atoms with Gasteiger partial charge in [-0.1, -0.05) is 32.6 Å². The van der Waals surface area contributed by atoms with Gasteiger partial charge in [-0.3, -0.25) is 5.73 Å². The largest absolute Gasteiger partial charge is 0.285 e. The predicted molar refractivity (Wildman–Crippen MR) is 50.0 cm³/mol. The molecule has 0 atom stereocenters. The van der Waals surface area contributed by atoms with Crippen LogP contribution >= 0.6 is 0 Å². The third-order valence-corrected chi connectivity index (χ3v) is 2.12. The van der Waals surface area contributed by atoms with Crippen molar-refractivity contribution < 1.29 is 0 Å². The van der Waals surface area contributed by atoms with Crippen LogP contribution in [0.15, 0.2) is 20.7 Å². The summed E-state index contributed by atoms with van der Waals surface area (Å²) in [4.78, 5) is 0. The summed E-state index contributed by atoms with van der Waals surface area (Å²) in [6.45, 7) is 2.20. The van der Waals surface area contributed by atoms with Crippen LogP contribution in [0.2, 0.25) is 0 Å². The van der Waals surface area contributed by atoms with Gasteiger partial charge in [-0.05, 0) is 16.9 Å². The van der Waals surface area contributed by atoms with Gasteiger partial charge in [-0.2, -0.15) is 0 Å². The van der Waals surface area contributed by atoms with E-state index in [0.29, 0.717) is 0 Å². The molecule has 1 aliphatic rings. The second-order valence-corrected chi connectivity index (χ2v) is 3.42. The summed E-state index contributed by atoms with van der Waals surface area (Å²) in [5.74, 6) is -0.841. The second kappa shape index (κ2) is 5.01. The van der Waals surface area contributed by atoms with Crippen molar-refractivity contribution in [2.24, 2.45) is 26.4 Å². The molecular weight excluding hydrogens is 166 g/mol. The average molecular weight is 183 g/mol. The second-order valence-electron chi connectivity index (χ2n) is 3.42. The number of hydrogen-bond acceptors (Lipinski definition) is 5. The fourth-order valence-electron chi connectivity index (χ4n) is 1.30. The van der Waals surface area contributed by atoms with Gasteiger partial charge in [0.1, 0.15) is 0 Å². The highest BCUT2D eigenvalue weighted by molar-refractivity contribution is 4.76. The van der Waals surface area contributed by atoms with Crippen LogP contribution in [0.1, 0.15) is 45.4 Å². The third-order valence-electron chi connectivity index (χ3n) is 2.12. The lowest BCUT2D eigenvalue weighted by Crippen LogP contribution is -2.32. The van der Waals surface area contributed by atoms with E-state index in [1.807, 2.05) is 0 Å². The van der Waals surface area contributed by atoms with Crippen molar-refractivity contribution in [3.05, 3.63) is 0 Å². The first kappa shape index (κ1) is 10.2. The number of nitrogens with zero attached hydrogens (tertiary/aromatic N) is 4. The SMILES string of the molecule is CCCCCCCC1(N)N=NN=N1. The Hall–Kier alpha value is -0.840. The number of nitrogens with two attached hydrogens (primary N) is 1. The summed E-state index contributed by atoms with van der Waals surface area (Å²) >= 11 is 0. The Morgan fingerprint density at radius 2 is 1.62 bits per heavy atom. The molecular formula is C8H17N5. The van der Waals surface area contributed by atoms with E-state index >= 15 is 0 Å². The van der Waals surface area contributed by atoms with Crippen LogP contribution in [0.3, 0.4) is 0 Å². The van der Waals surface area contributed by atoms with Crippen molar-refractivity contribution in [2.45, 2.75) is 51.2 Å². The highest BCUT2D eigenvalue weighted by Gasteiger charge is 2.26. The maximum absolute atomic E-state index is 5.75. The van der Waals surface area contributed by atoms with Crippen molar-refractivity contribution in [1.29, 1.82) is 0 Å². The van der Waals surface area contributed by atoms with Crippen LogP contribution in [-0.2, 0) is 0 Å². The van der Waals surface area contributed by atoms with Gasteiger partial charge in [0, 0.05) is 6.42 Å². The Morgan fingerprint density at radius 3 is 2.23 bits per heavy atom. The number of rotatable bonds is 6. The molecule has 0 unspecified atom stereocenters. The summed E-state index contributed by atoms with van der Waals surface area (Å²) in [6.07, 6.45) is 6.81. The van der Waals surface area contributed by atoms with Gasteiger partial charge in [0.25, 0.3) is 0 Å². The van der Waals surface area contributed by atoms with E-state index in [1.165, 1.54) is 25.7 Å². The number of unbranched alkanes of at least 4 members (excludes halogenated alkanes) is 4. The highest BCUT2D eigenvalue weighted by atomic mass is 15.6. The van der Waals surface area contributed by atoms with Crippen molar-refractivity contribution in [3.63, 3.8) is 0 Å². The molecule has 0 saturated heterocycles. The molecule has 1 heterocycles. The molecule has 0 spiro atoms. The van der Waals surface area contributed by atoms with Crippen molar-refractivity contribution in [2.75, 3.05) is 0 Å². The van der Waals surface area contributed by atoms with Crippen molar-refractivity contribution >= 4 is 0 Å². The molecule has 0 amide bonds. The van der Waals surface area contributed by atoms with E-state index in [4.69, 9.17) is 5.73 Å².